The fourth-order valence-electron chi connectivity index (χ4n) is 10.4. The van der Waals surface area contributed by atoms with Crippen molar-refractivity contribution < 1.29 is 0 Å². The molecule has 1 heterocycles. The summed E-state index contributed by atoms with van der Waals surface area (Å²) in [5, 5.41) is 8.84. The highest BCUT2D eigenvalue weighted by Crippen LogP contribution is 2.73. The van der Waals surface area contributed by atoms with Gasteiger partial charge in [-0.3, -0.25) is 10.3 Å². The summed E-state index contributed by atoms with van der Waals surface area (Å²) in [4.78, 5) is 9.38. The van der Waals surface area contributed by atoms with E-state index in [2.05, 4.69) is 244 Å². The number of allylic oxidation sites excluding steroid dienone is 10. The van der Waals surface area contributed by atoms with Gasteiger partial charge in [-0.25, -0.2) is 0 Å². The topological polar surface area (TPSA) is 30.9 Å². The predicted molar refractivity (Wildman–Crippen MR) is 324 cm³/mol. The fourth-order valence-corrected chi connectivity index (χ4v) is 10.4. The van der Waals surface area contributed by atoms with Crippen molar-refractivity contribution in [3.05, 3.63) is 242 Å². The van der Waals surface area contributed by atoms with E-state index >= 15 is 0 Å². The van der Waals surface area contributed by atoms with Crippen molar-refractivity contribution in [1.82, 2.24) is 10.2 Å². The second-order valence-electron chi connectivity index (χ2n) is 18.6. The summed E-state index contributed by atoms with van der Waals surface area (Å²) in [5.74, 6) is 1.05. The molecule has 1 N–H and O–H groups in total. The van der Waals surface area contributed by atoms with Crippen LogP contribution in [-0.4, -0.2) is 43.1 Å². The molecule has 0 aromatic heterocycles. The van der Waals surface area contributed by atoms with E-state index in [0.717, 1.165) is 50.9 Å². The van der Waals surface area contributed by atoms with Crippen LogP contribution in [0, 0.1) is 0 Å². The van der Waals surface area contributed by atoms with Crippen LogP contribution in [0.25, 0.3) is 44.3 Å². The molecule has 3 aliphatic carbocycles. The Morgan fingerprint density at radius 1 is 0.767 bits per heavy atom. The Labute approximate surface area is 439 Å². The molecule has 3 atom stereocenters. The van der Waals surface area contributed by atoms with Gasteiger partial charge in [-0.1, -0.05) is 197 Å². The molecule has 4 nitrogen and oxygen atoms in total. The number of nitrogens with one attached hydrogen (secondary N) is 1. The standard InChI is InChI=1S/C44H31N.C18H33N3.C3H6.C2H6.C2H4/c1-2-14-32(15-3-1)45-42-24-23-31(28-41(42)43-25-10-11-26-44(43,45)29-43)34-17-5-4-16-33(34)30-13-12-22-39-37-20-7-6-18-35(37)36-19-8-9-21-38(36)40(39)27-30;1-6-8-10-11-12-13-15-18(19-16-14-9-7-2)20-17(3)21(4)5;1-3-2;2*1-2/h1-21,23-28H,22,29H2;7-10,12-13,18-19H,6,11,14-16H2,1-5H3;3H,1H2,2H3;1-2H3;1-2H2/b;9-7-,10-8-,13-12-,20-17-;;;. The number of hydrogen-bond donors (Lipinski definition) is 1. The third-order valence-electron chi connectivity index (χ3n) is 13.9. The molecule has 376 valence electrons. The van der Waals surface area contributed by atoms with Crippen LogP contribution in [0.3, 0.4) is 0 Å². The number of para-hydroxylation sites is 1. The van der Waals surface area contributed by atoms with Crippen molar-refractivity contribution in [3.63, 3.8) is 0 Å². The van der Waals surface area contributed by atoms with Gasteiger partial charge < -0.3 is 9.80 Å². The molecule has 0 spiro atoms. The summed E-state index contributed by atoms with van der Waals surface area (Å²) >= 11 is 0. The summed E-state index contributed by atoms with van der Waals surface area (Å²) in [6, 6.07) is 44.8. The lowest BCUT2D eigenvalue weighted by Gasteiger charge is -2.30. The van der Waals surface area contributed by atoms with E-state index in [1.807, 2.05) is 46.7 Å². The van der Waals surface area contributed by atoms with Gasteiger partial charge in [0.05, 0.1) is 11.4 Å². The number of aliphatic imine (C=N–C) groups is 1. The van der Waals surface area contributed by atoms with Crippen molar-refractivity contribution >= 4 is 50.4 Å². The van der Waals surface area contributed by atoms with Gasteiger partial charge in [0, 0.05) is 43.9 Å². The minimum Gasteiger partial charge on any atom is -0.367 e. The quantitative estimate of drug-likeness (QED) is 0.0411. The first-order chi connectivity index (χ1) is 35.8. The van der Waals surface area contributed by atoms with E-state index in [1.54, 1.807) is 6.08 Å². The lowest BCUT2D eigenvalue weighted by atomic mass is 9.86. The molecule has 6 aromatic carbocycles. The molecule has 0 amide bonds. The number of benzene rings is 6. The Morgan fingerprint density at radius 2 is 1.40 bits per heavy atom. The van der Waals surface area contributed by atoms with Crippen LogP contribution >= 0.6 is 0 Å². The molecule has 10 rings (SSSR count). The zero-order valence-corrected chi connectivity index (χ0v) is 45.1. The van der Waals surface area contributed by atoms with E-state index in [4.69, 9.17) is 4.99 Å². The molecule has 1 saturated carbocycles. The highest BCUT2D eigenvalue weighted by atomic mass is 15.3. The summed E-state index contributed by atoms with van der Waals surface area (Å²) in [5.41, 5.74) is 11.9. The minimum atomic E-state index is -0.0102. The Morgan fingerprint density at radius 3 is 2.10 bits per heavy atom. The van der Waals surface area contributed by atoms with E-state index in [1.165, 1.54) is 71.9 Å². The predicted octanol–water partition coefficient (Wildman–Crippen LogP) is 18.1. The average molecular weight is 965 g/mol. The van der Waals surface area contributed by atoms with Gasteiger partial charge in [0.15, 0.2) is 0 Å². The highest BCUT2D eigenvalue weighted by molar-refractivity contribution is 6.14. The van der Waals surface area contributed by atoms with Crippen molar-refractivity contribution in [2.45, 2.75) is 97.2 Å². The van der Waals surface area contributed by atoms with Crippen LogP contribution in [0.1, 0.15) is 95.9 Å². The Balaban J connectivity index is 0.000000264. The van der Waals surface area contributed by atoms with Gasteiger partial charge in [0.25, 0.3) is 0 Å². The first kappa shape index (κ1) is 55.1. The second kappa shape index (κ2) is 27.0. The molecule has 1 aliphatic heterocycles. The Kier molecular flexibility index (Phi) is 20.3. The van der Waals surface area contributed by atoms with Crippen LogP contribution in [0.4, 0.5) is 11.4 Å². The molecule has 3 unspecified atom stereocenters. The second-order valence-corrected chi connectivity index (χ2v) is 18.6. The Hall–Kier alpha value is -7.27. The molecule has 6 aromatic rings. The first-order valence-corrected chi connectivity index (χ1v) is 26.5. The third-order valence-corrected chi connectivity index (χ3v) is 13.9. The number of amidine groups is 1. The van der Waals surface area contributed by atoms with E-state index in [0.29, 0.717) is 0 Å². The SMILES string of the molecule is C/C=C\CCNC(C/C=C\C/C=C\CC)/N=C(/C)N(C)C.C1=CC23CC2(C=C1)N(c1ccccc1)c1ccc(-c2ccccc2C2=Cc4c(c5ccccc5c5ccccc45)CC=C2)cc13.C=C.C=CC.CC. The van der Waals surface area contributed by atoms with Crippen LogP contribution in [0.2, 0.25) is 0 Å². The monoisotopic (exact) mass is 965 g/mol. The maximum Gasteiger partial charge on any atom is 0.105 e. The van der Waals surface area contributed by atoms with Crippen molar-refractivity contribution in [2.75, 3.05) is 25.5 Å². The zero-order valence-electron chi connectivity index (χ0n) is 45.1. The van der Waals surface area contributed by atoms with Gasteiger partial charge >= 0.3 is 0 Å². The first-order valence-electron chi connectivity index (χ1n) is 26.5. The minimum absolute atomic E-state index is 0.0102. The molecule has 0 bridgehead atoms. The number of nitrogens with zero attached hydrogens (tertiary/aromatic N) is 3. The maximum absolute atomic E-state index is 4.75. The lowest BCUT2D eigenvalue weighted by Crippen LogP contribution is -2.33. The molecule has 0 saturated heterocycles. The van der Waals surface area contributed by atoms with Crippen LogP contribution in [-0.2, 0) is 11.8 Å². The largest absolute Gasteiger partial charge is 0.367 e. The number of fused-ring (bicyclic) bond motifs is 7. The lowest BCUT2D eigenvalue weighted by molar-refractivity contribution is 0.522. The summed E-state index contributed by atoms with van der Waals surface area (Å²) < 4.78 is 0. The summed E-state index contributed by atoms with van der Waals surface area (Å²) in [6.07, 6.45) is 37.6. The van der Waals surface area contributed by atoms with E-state index in [-0.39, 0.29) is 17.1 Å². The number of hydrogen-bond acceptors (Lipinski definition) is 3. The Bertz CT molecular complexity index is 3030. The maximum atomic E-state index is 4.75. The van der Waals surface area contributed by atoms with Crippen molar-refractivity contribution in [2.24, 2.45) is 4.99 Å². The molecular formula is C69H80N4. The van der Waals surface area contributed by atoms with Crippen LogP contribution in [0.15, 0.2) is 225 Å². The molecule has 0 radical (unpaired) electrons. The van der Waals surface area contributed by atoms with E-state index in [9.17, 15) is 0 Å². The summed E-state index contributed by atoms with van der Waals surface area (Å²) in [6.45, 7) is 22.5. The van der Waals surface area contributed by atoms with Gasteiger partial charge in [-0.2, -0.15) is 0 Å². The smallest absolute Gasteiger partial charge is 0.105 e. The third kappa shape index (κ3) is 12.2. The average Bonchev–Trinajstić information content (AvgIpc) is 4.13. The van der Waals surface area contributed by atoms with Gasteiger partial charge in [0.2, 0.25) is 0 Å². The van der Waals surface area contributed by atoms with E-state index < -0.39 is 0 Å². The molecule has 73 heavy (non-hydrogen) atoms. The number of rotatable bonds is 13. The number of anilines is 2. The fraction of sp³-hybridized carbons (Fsp3) is 0.261. The van der Waals surface area contributed by atoms with Crippen molar-refractivity contribution in [1.29, 1.82) is 0 Å². The van der Waals surface area contributed by atoms with Crippen LogP contribution < -0.4 is 10.2 Å². The van der Waals surface area contributed by atoms with Gasteiger partial charge in [-0.15, -0.1) is 19.7 Å². The summed E-state index contributed by atoms with van der Waals surface area (Å²) in [7, 11) is 4.06. The van der Waals surface area contributed by atoms with Crippen molar-refractivity contribution in [3.8, 4) is 11.1 Å². The van der Waals surface area contributed by atoms with Crippen LogP contribution in [0.5, 0.6) is 0 Å². The molecule has 1 fully saturated rings. The zero-order chi connectivity index (χ0) is 52.2. The molecule has 4 aliphatic rings. The molecule has 4 heteroatoms. The van der Waals surface area contributed by atoms with Gasteiger partial charge in [-0.05, 0) is 144 Å². The molecular weight excluding hydrogens is 885 g/mol. The normalized spacial score (nSPS) is 18.1. The van der Waals surface area contributed by atoms with Gasteiger partial charge in [0.1, 0.15) is 6.17 Å². The highest BCUT2D eigenvalue weighted by Gasteiger charge is 2.74.